The summed E-state index contributed by atoms with van der Waals surface area (Å²) in [6.45, 7) is 6.65. The van der Waals surface area contributed by atoms with Crippen LogP contribution in [-0.2, 0) is 21.7 Å². The van der Waals surface area contributed by atoms with Crippen molar-refractivity contribution in [3.05, 3.63) is 0 Å². The van der Waals surface area contributed by atoms with E-state index in [9.17, 15) is 0 Å². The molecule has 0 aliphatic carbocycles. The van der Waals surface area contributed by atoms with Crippen LogP contribution >= 0.6 is 0 Å². The molecule has 0 rings (SSSR count). The van der Waals surface area contributed by atoms with Gasteiger partial charge in [0, 0.05) is 28.3 Å². The quantitative estimate of drug-likeness (QED) is 0.560. The van der Waals surface area contributed by atoms with Gasteiger partial charge in [-0.15, -0.1) is 0 Å². The second-order valence-electron chi connectivity index (χ2n) is 3.03. The smallest absolute Gasteiger partial charge is 0.0436 e. The minimum Gasteiger partial charge on any atom is -0.396 e. The average Bonchev–Trinajstić information content (AvgIpc) is 1.30. The minimum atomic E-state index is 0. The SMILES string of the molecule is CC(C)(C)CCO.[Ti]. The molecule has 0 heterocycles. The van der Waals surface area contributed by atoms with E-state index in [1.807, 2.05) is 0 Å². The summed E-state index contributed by atoms with van der Waals surface area (Å²) in [7, 11) is 0. The second-order valence-corrected chi connectivity index (χ2v) is 3.03. The van der Waals surface area contributed by atoms with Gasteiger partial charge in [-0.3, -0.25) is 0 Å². The Balaban J connectivity index is 0. The monoisotopic (exact) mass is 150 g/mol. The number of hydrogen-bond donors (Lipinski definition) is 1. The topological polar surface area (TPSA) is 20.2 Å². The van der Waals surface area contributed by atoms with Gasteiger partial charge in [0.2, 0.25) is 0 Å². The van der Waals surface area contributed by atoms with Crippen molar-refractivity contribution in [2.24, 2.45) is 5.41 Å². The van der Waals surface area contributed by atoms with Crippen molar-refractivity contribution in [2.45, 2.75) is 27.2 Å². The van der Waals surface area contributed by atoms with Gasteiger partial charge in [0.25, 0.3) is 0 Å². The summed E-state index contributed by atoms with van der Waals surface area (Å²) in [5, 5.41) is 8.40. The Labute approximate surface area is 66.4 Å². The Morgan fingerprint density at radius 3 is 1.62 bits per heavy atom. The molecule has 0 fully saturated rings. The molecule has 0 spiro atoms. The van der Waals surface area contributed by atoms with E-state index in [0.29, 0.717) is 12.0 Å². The molecule has 0 aromatic rings. The molecule has 1 N–H and O–H groups in total. The van der Waals surface area contributed by atoms with Crippen molar-refractivity contribution < 1.29 is 26.8 Å². The van der Waals surface area contributed by atoms with Crippen molar-refractivity contribution >= 4 is 0 Å². The van der Waals surface area contributed by atoms with Gasteiger partial charge in [-0.2, -0.15) is 0 Å². The number of aliphatic hydroxyl groups excluding tert-OH is 1. The molecule has 48 valence electrons. The van der Waals surface area contributed by atoms with Gasteiger partial charge in [-0.25, -0.2) is 0 Å². The molecule has 0 aromatic carbocycles. The summed E-state index contributed by atoms with van der Waals surface area (Å²) in [6.07, 6.45) is 0.896. The molecule has 0 radical (unpaired) electrons. The fourth-order valence-electron chi connectivity index (χ4n) is 0.335. The summed E-state index contributed by atoms with van der Waals surface area (Å²) < 4.78 is 0. The van der Waals surface area contributed by atoms with Crippen molar-refractivity contribution in [1.82, 2.24) is 0 Å². The Morgan fingerprint density at radius 1 is 1.25 bits per heavy atom. The predicted octanol–water partition coefficient (Wildman–Crippen LogP) is 1.41. The van der Waals surface area contributed by atoms with Crippen molar-refractivity contribution in [3.8, 4) is 0 Å². The summed E-state index contributed by atoms with van der Waals surface area (Å²) in [5.74, 6) is 0. The molecule has 0 unspecified atom stereocenters. The van der Waals surface area contributed by atoms with E-state index in [-0.39, 0.29) is 21.7 Å². The molecule has 2 heteroatoms. The average molecular weight is 150 g/mol. The van der Waals surface area contributed by atoms with E-state index in [1.54, 1.807) is 0 Å². The molecule has 0 aromatic heterocycles. The van der Waals surface area contributed by atoms with Crippen LogP contribution in [0, 0.1) is 5.41 Å². The largest absolute Gasteiger partial charge is 0.396 e. The zero-order valence-corrected chi connectivity index (χ0v) is 7.42. The maximum Gasteiger partial charge on any atom is 0.0436 e. The molecule has 0 amide bonds. The third-order valence-electron chi connectivity index (χ3n) is 0.862. The Bertz CT molecular complexity index is 47.0. The molecule has 0 aliphatic rings. The van der Waals surface area contributed by atoms with E-state index >= 15 is 0 Å². The van der Waals surface area contributed by atoms with E-state index < -0.39 is 0 Å². The fourth-order valence-corrected chi connectivity index (χ4v) is 0.335. The van der Waals surface area contributed by atoms with Crippen LogP contribution in [0.15, 0.2) is 0 Å². The van der Waals surface area contributed by atoms with Gasteiger partial charge in [0.1, 0.15) is 0 Å². The van der Waals surface area contributed by atoms with Gasteiger partial charge in [-0.1, -0.05) is 20.8 Å². The minimum absolute atomic E-state index is 0. The molecule has 1 nitrogen and oxygen atoms in total. The molecular formula is C6H14OTi. The molecule has 0 bridgehead atoms. The van der Waals surface area contributed by atoms with Crippen LogP contribution in [0.5, 0.6) is 0 Å². The van der Waals surface area contributed by atoms with Crippen molar-refractivity contribution in [3.63, 3.8) is 0 Å². The zero-order chi connectivity index (χ0) is 5.91. The third-order valence-corrected chi connectivity index (χ3v) is 0.862. The Kier molecular flexibility index (Phi) is 6.51. The van der Waals surface area contributed by atoms with Crippen molar-refractivity contribution in [1.29, 1.82) is 0 Å². The summed E-state index contributed by atoms with van der Waals surface area (Å²) in [5.41, 5.74) is 0.300. The fraction of sp³-hybridized carbons (Fsp3) is 1.00. The van der Waals surface area contributed by atoms with Gasteiger partial charge < -0.3 is 5.11 Å². The van der Waals surface area contributed by atoms with Crippen LogP contribution in [0.2, 0.25) is 0 Å². The molecule has 0 saturated carbocycles. The van der Waals surface area contributed by atoms with Crippen molar-refractivity contribution in [2.75, 3.05) is 6.61 Å². The third kappa shape index (κ3) is 9.84. The maximum atomic E-state index is 8.40. The summed E-state index contributed by atoms with van der Waals surface area (Å²) >= 11 is 0. The van der Waals surface area contributed by atoms with Gasteiger partial charge >= 0.3 is 0 Å². The van der Waals surface area contributed by atoms with E-state index in [4.69, 9.17) is 5.11 Å². The summed E-state index contributed by atoms with van der Waals surface area (Å²) in [4.78, 5) is 0. The molecular weight excluding hydrogens is 136 g/mol. The first-order valence-electron chi connectivity index (χ1n) is 2.67. The van der Waals surface area contributed by atoms with Crippen LogP contribution in [0.4, 0.5) is 0 Å². The number of hydrogen-bond acceptors (Lipinski definition) is 1. The van der Waals surface area contributed by atoms with Crippen LogP contribution < -0.4 is 0 Å². The summed E-state index contributed by atoms with van der Waals surface area (Å²) in [6, 6.07) is 0. The molecule has 8 heavy (non-hydrogen) atoms. The van der Waals surface area contributed by atoms with Gasteiger partial charge in [0.15, 0.2) is 0 Å². The first-order valence-corrected chi connectivity index (χ1v) is 2.67. The van der Waals surface area contributed by atoms with Crippen LogP contribution in [0.3, 0.4) is 0 Å². The first kappa shape index (κ1) is 11.5. The van der Waals surface area contributed by atoms with Crippen LogP contribution in [0.1, 0.15) is 27.2 Å². The van der Waals surface area contributed by atoms with E-state index in [1.165, 1.54) is 0 Å². The zero-order valence-electron chi connectivity index (χ0n) is 5.86. The second kappa shape index (κ2) is 4.54. The first-order chi connectivity index (χ1) is 3.06. The normalized spacial score (nSPS) is 10.5. The molecule has 0 saturated heterocycles. The van der Waals surface area contributed by atoms with Crippen LogP contribution in [-0.4, -0.2) is 11.7 Å². The molecule has 0 aliphatic heterocycles. The van der Waals surface area contributed by atoms with E-state index in [2.05, 4.69) is 20.8 Å². The standard InChI is InChI=1S/C6H14O.Ti/c1-6(2,3)4-5-7;/h7H,4-5H2,1-3H3;. The maximum absolute atomic E-state index is 8.40. The van der Waals surface area contributed by atoms with Gasteiger partial charge in [0.05, 0.1) is 0 Å². The van der Waals surface area contributed by atoms with Gasteiger partial charge in [-0.05, 0) is 11.8 Å². The Morgan fingerprint density at radius 2 is 1.62 bits per heavy atom. The van der Waals surface area contributed by atoms with E-state index in [0.717, 1.165) is 6.42 Å². The number of aliphatic hydroxyl groups is 1. The Hall–Kier alpha value is 0.674. The van der Waals surface area contributed by atoms with Crippen LogP contribution in [0.25, 0.3) is 0 Å². The number of rotatable bonds is 1. The predicted molar refractivity (Wildman–Crippen MR) is 31.2 cm³/mol. The molecule has 0 atom stereocenters.